The smallest absolute Gasteiger partial charge is 0.306 e. The largest absolute Gasteiger partial charge is 0.437 e. The van der Waals surface area contributed by atoms with Gasteiger partial charge in [0.25, 0.3) is 0 Å². The zero-order chi connectivity index (χ0) is 27.3. The molecule has 0 aromatic heterocycles. The molecule has 198 valence electrons. The first-order valence-corrected chi connectivity index (χ1v) is 15.1. The van der Waals surface area contributed by atoms with Gasteiger partial charge in [-0.1, -0.05) is 112 Å². The summed E-state index contributed by atoms with van der Waals surface area (Å²) < 4.78 is 21.5. The Morgan fingerprint density at radius 2 is 1.21 bits per heavy atom. The van der Waals surface area contributed by atoms with Gasteiger partial charge in [0.1, 0.15) is 5.75 Å². The van der Waals surface area contributed by atoms with Crippen molar-refractivity contribution in [3.05, 3.63) is 126 Å². The van der Waals surface area contributed by atoms with Gasteiger partial charge >= 0.3 is 7.37 Å². The van der Waals surface area contributed by atoms with E-state index in [2.05, 4.69) is 65.0 Å². The lowest BCUT2D eigenvalue weighted by atomic mass is 9.69. The van der Waals surface area contributed by atoms with E-state index in [-0.39, 0.29) is 17.8 Å². The molecule has 0 aliphatic heterocycles. The molecule has 0 saturated carbocycles. The van der Waals surface area contributed by atoms with E-state index >= 15 is 0 Å². The third-order valence-electron chi connectivity index (χ3n) is 7.87. The van der Waals surface area contributed by atoms with Gasteiger partial charge in [-0.2, -0.15) is 0 Å². The van der Waals surface area contributed by atoms with E-state index in [1.165, 1.54) is 5.56 Å². The molecule has 0 saturated heterocycles. The van der Waals surface area contributed by atoms with Crippen LogP contribution in [0.2, 0.25) is 0 Å². The van der Waals surface area contributed by atoms with Crippen molar-refractivity contribution in [2.75, 3.05) is 0 Å². The molecule has 0 fully saturated rings. The molecule has 0 heterocycles. The molecule has 0 aliphatic rings. The summed E-state index contributed by atoms with van der Waals surface area (Å²) in [7, 11) is -3.44. The highest BCUT2D eigenvalue weighted by atomic mass is 31.2. The first kappa shape index (κ1) is 27.9. The second kappa shape index (κ2) is 11.7. The number of rotatable bonds is 10. The SMILES string of the molecule is Cc1ccc(OP(=O)(c2ccccc2)c2ccccc2)c(C(CC(N)(C(C)C)C(C)C)c2ccccc2)c1. The van der Waals surface area contributed by atoms with Crippen molar-refractivity contribution in [1.29, 1.82) is 0 Å². The van der Waals surface area contributed by atoms with E-state index in [0.29, 0.717) is 16.4 Å². The lowest BCUT2D eigenvalue weighted by Crippen LogP contribution is -2.51. The van der Waals surface area contributed by atoms with Crippen molar-refractivity contribution in [2.24, 2.45) is 17.6 Å². The van der Waals surface area contributed by atoms with Crippen LogP contribution in [0.5, 0.6) is 5.75 Å². The molecule has 0 bridgehead atoms. The summed E-state index contributed by atoms with van der Waals surface area (Å²) in [5.41, 5.74) is 10.1. The highest BCUT2D eigenvalue weighted by molar-refractivity contribution is 7.74. The van der Waals surface area contributed by atoms with Crippen molar-refractivity contribution >= 4 is 18.0 Å². The van der Waals surface area contributed by atoms with Gasteiger partial charge in [0.15, 0.2) is 0 Å². The molecular weight excluding hydrogens is 485 g/mol. The molecule has 4 aromatic carbocycles. The van der Waals surface area contributed by atoms with E-state index in [1.807, 2.05) is 78.9 Å². The third kappa shape index (κ3) is 5.80. The average Bonchev–Trinajstić information content (AvgIpc) is 2.93. The molecule has 3 nitrogen and oxygen atoms in total. The first-order chi connectivity index (χ1) is 18.1. The molecule has 0 spiro atoms. The lowest BCUT2D eigenvalue weighted by Gasteiger charge is -2.41. The predicted molar refractivity (Wildman–Crippen MR) is 161 cm³/mol. The van der Waals surface area contributed by atoms with E-state index in [0.717, 1.165) is 17.5 Å². The molecule has 0 amide bonds. The van der Waals surface area contributed by atoms with E-state index in [1.54, 1.807) is 0 Å². The summed E-state index contributed by atoms with van der Waals surface area (Å²) in [6.45, 7) is 10.9. The van der Waals surface area contributed by atoms with Crippen LogP contribution in [-0.2, 0) is 4.57 Å². The number of hydrogen-bond acceptors (Lipinski definition) is 3. The Morgan fingerprint density at radius 3 is 1.68 bits per heavy atom. The maximum atomic E-state index is 14.8. The van der Waals surface area contributed by atoms with Crippen molar-refractivity contribution in [3.8, 4) is 5.75 Å². The minimum Gasteiger partial charge on any atom is -0.437 e. The maximum Gasteiger partial charge on any atom is 0.306 e. The van der Waals surface area contributed by atoms with Crippen LogP contribution < -0.4 is 20.9 Å². The Labute approximate surface area is 228 Å². The van der Waals surface area contributed by atoms with Gasteiger partial charge in [-0.25, -0.2) is 0 Å². The summed E-state index contributed by atoms with van der Waals surface area (Å²) in [5, 5.41) is 1.35. The van der Waals surface area contributed by atoms with Crippen LogP contribution in [0.3, 0.4) is 0 Å². The van der Waals surface area contributed by atoms with Gasteiger partial charge in [0.05, 0.1) is 10.6 Å². The van der Waals surface area contributed by atoms with Gasteiger partial charge in [0, 0.05) is 17.0 Å². The van der Waals surface area contributed by atoms with Crippen LogP contribution in [0, 0.1) is 18.8 Å². The molecule has 0 radical (unpaired) electrons. The van der Waals surface area contributed by atoms with Crippen LogP contribution >= 0.6 is 7.37 Å². The van der Waals surface area contributed by atoms with Crippen molar-refractivity contribution in [1.82, 2.24) is 0 Å². The van der Waals surface area contributed by atoms with Gasteiger partial charge in [-0.05, 0) is 61.1 Å². The van der Waals surface area contributed by atoms with Crippen molar-refractivity contribution in [2.45, 2.75) is 52.5 Å². The summed E-state index contributed by atoms with van der Waals surface area (Å²) >= 11 is 0. The zero-order valence-electron chi connectivity index (χ0n) is 23.2. The molecule has 4 heteroatoms. The quantitative estimate of drug-likeness (QED) is 0.215. The first-order valence-electron chi connectivity index (χ1n) is 13.5. The molecule has 1 atom stereocenters. The number of hydrogen-bond donors (Lipinski definition) is 1. The third-order valence-corrected chi connectivity index (χ3v) is 10.3. The van der Waals surface area contributed by atoms with Gasteiger partial charge in [-0.15, -0.1) is 0 Å². The van der Waals surface area contributed by atoms with Crippen molar-refractivity contribution in [3.63, 3.8) is 0 Å². The van der Waals surface area contributed by atoms with E-state index < -0.39 is 12.9 Å². The number of benzene rings is 4. The van der Waals surface area contributed by atoms with Crippen LogP contribution in [0.15, 0.2) is 109 Å². The fourth-order valence-electron chi connectivity index (χ4n) is 5.25. The zero-order valence-corrected chi connectivity index (χ0v) is 24.1. The summed E-state index contributed by atoms with van der Waals surface area (Å²) in [6, 6.07) is 35.7. The minimum absolute atomic E-state index is 0.0269. The monoisotopic (exact) mass is 525 g/mol. The second-order valence-corrected chi connectivity index (χ2v) is 13.3. The normalized spacial score (nSPS) is 13.1. The van der Waals surface area contributed by atoms with Crippen LogP contribution in [0.4, 0.5) is 0 Å². The molecular formula is C34H40NO2P. The second-order valence-electron chi connectivity index (χ2n) is 10.9. The highest BCUT2D eigenvalue weighted by Crippen LogP contribution is 2.49. The molecule has 0 aliphatic carbocycles. The summed E-state index contributed by atoms with van der Waals surface area (Å²) in [6.07, 6.45) is 0.743. The van der Waals surface area contributed by atoms with E-state index in [4.69, 9.17) is 10.3 Å². The summed E-state index contributed by atoms with van der Waals surface area (Å²) in [5.74, 6) is 1.17. The van der Waals surface area contributed by atoms with Crippen LogP contribution in [0.25, 0.3) is 0 Å². The standard InChI is InChI=1S/C34H40NO2P/c1-25(2)34(35,26(3)4)24-32(28-15-9-6-10-16-28)31-23-27(5)21-22-33(31)37-38(36,29-17-11-7-12-18-29)30-19-13-8-14-20-30/h6-23,25-26,32H,24,35H2,1-5H3. The Morgan fingerprint density at radius 1 is 0.737 bits per heavy atom. The lowest BCUT2D eigenvalue weighted by molar-refractivity contribution is 0.199. The Hall–Kier alpha value is -3.13. The van der Waals surface area contributed by atoms with Crippen LogP contribution in [-0.4, -0.2) is 5.54 Å². The topological polar surface area (TPSA) is 52.3 Å². The Bertz CT molecular complexity index is 1320. The van der Waals surface area contributed by atoms with Crippen LogP contribution in [0.1, 0.15) is 56.7 Å². The van der Waals surface area contributed by atoms with Gasteiger partial charge in [-0.3, -0.25) is 4.57 Å². The minimum atomic E-state index is -3.44. The number of aryl methyl sites for hydroxylation is 1. The average molecular weight is 526 g/mol. The fourth-order valence-corrected chi connectivity index (χ4v) is 7.33. The molecule has 1 unspecified atom stereocenters. The van der Waals surface area contributed by atoms with Crippen molar-refractivity contribution < 1.29 is 9.09 Å². The fraction of sp³-hybridized carbons (Fsp3) is 0.294. The number of nitrogens with two attached hydrogens (primary N) is 1. The molecule has 4 rings (SSSR count). The molecule has 38 heavy (non-hydrogen) atoms. The molecule has 4 aromatic rings. The maximum absolute atomic E-state index is 14.8. The Balaban J connectivity index is 1.90. The highest BCUT2D eigenvalue weighted by Gasteiger charge is 2.38. The molecule has 2 N–H and O–H groups in total. The van der Waals surface area contributed by atoms with Gasteiger partial charge in [0.2, 0.25) is 0 Å². The van der Waals surface area contributed by atoms with Gasteiger partial charge < -0.3 is 10.3 Å². The van der Waals surface area contributed by atoms with E-state index in [9.17, 15) is 4.57 Å². The summed E-state index contributed by atoms with van der Waals surface area (Å²) in [4.78, 5) is 0. The predicted octanol–water partition coefficient (Wildman–Crippen LogP) is 7.83. The Kier molecular flexibility index (Phi) is 8.61.